The van der Waals surface area contributed by atoms with Gasteiger partial charge in [-0.2, -0.15) is 0 Å². The number of rotatable bonds is 7. The highest BCUT2D eigenvalue weighted by atomic mass is 16.5. The maximum absolute atomic E-state index is 12.0. The second kappa shape index (κ2) is 9.97. The summed E-state index contributed by atoms with van der Waals surface area (Å²) < 4.78 is 12.8. The minimum atomic E-state index is -0.766. The lowest BCUT2D eigenvalue weighted by Crippen LogP contribution is -2.29. The molecule has 32 heavy (non-hydrogen) atoms. The summed E-state index contributed by atoms with van der Waals surface area (Å²) in [6.07, 6.45) is 3.83. The molecule has 10 nitrogen and oxygen atoms in total. The third-order valence-corrected chi connectivity index (χ3v) is 5.24. The van der Waals surface area contributed by atoms with Crippen LogP contribution in [0.3, 0.4) is 0 Å². The van der Waals surface area contributed by atoms with Crippen LogP contribution >= 0.6 is 0 Å². The first-order valence-electron chi connectivity index (χ1n) is 10.8. The zero-order valence-corrected chi connectivity index (χ0v) is 19.0. The van der Waals surface area contributed by atoms with E-state index in [1.165, 1.54) is 0 Å². The van der Waals surface area contributed by atoms with E-state index in [0.29, 0.717) is 42.3 Å². The molecule has 10 heteroatoms. The lowest BCUT2D eigenvalue weighted by molar-refractivity contribution is -0.143. The molecular weight excluding hydrogens is 414 g/mol. The highest BCUT2D eigenvalue weighted by Crippen LogP contribution is 2.28. The molecule has 0 radical (unpaired) electrons. The van der Waals surface area contributed by atoms with E-state index >= 15 is 0 Å². The van der Waals surface area contributed by atoms with Crippen LogP contribution in [0, 0.1) is 11.3 Å². The van der Waals surface area contributed by atoms with Gasteiger partial charge < -0.3 is 19.9 Å². The Morgan fingerprint density at radius 2 is 2.06 bits per heavy atom. The van der Waals surface area contributed by atoms with Crippen molar-refractivity contribution in [3.8, 4) is 17.1 Å². The minimum absolute atomic E-state index is 0.115. The van der Waals surface area contributed by atoms with Crippen molar-refractivity contribution in [1.29, 1.82) is 0 Å². The standard InChI is InChI=1S/C22H31N5O5/c1-22(2,3)13-31-21(30)24-12-18-19(25-26-27(18)4)17-9-8-16(11-23-17)32-15-7-5-6-14(10-15)20(28)29/h8-9,11,14-15H,5-7,10,12-13H2,1-4H3,(H,24,30)(H,28,29)/t14-,15-/m0/s1. The molecular formula is C22H31N5O5. The maximum Gasteiger partial charge on any atom is 0.407 e. The number of aromatic nitrogens is 4. The van der Waals surface area contributed by atoms with Crippen LogP contribution in [-0.2, 0) is 23.1 Å². The fourth-order valence-electron chi connectivity index (χ4n) is 3.52. The van der Waals surface area contributed by atoms with E-state index in [2.05, 4.69) is 20.6 Å². The van der Waals surface area contributed by atoms with Gasteiger partial charge in [0, 0.05) is 7.05 Å². The van der Waals surface area contributed by atoms with E-state index in [1.807, 2.05) is 20.8 Å². The molecule has 0 spiro atoms. The molecule has 2 atom stereocenters. The Morgan fingerprint density at radius 1 is 1.28 bits per heavy atom. The first kappa shape index (κ1) is 23.5. The monoisotopic (exact) mass is 445 g/mol. The SMILES string of the molecule is Cn1nnc(-c2ccc(O[C@H]3CCC[C@H](C(=O)O)C3)cn2)c1CNC(=O)OCC(C)(C)C. The van der Waals surface area contributed by atoms with E-state index in [0.717, 1.165) is 12.8 Å². The van der Waals surface area contributed by atoms with Crippen LogP contribution < -0.4 is 10.1 Å². The third-order valence-electron chi connectivity index (χ3n) is 5.24. The molecule has 1 aliphatic rings. The highest BCUT2D eigenvalue weighted by Gasteiger charge is 2.28. The van der Waals surface area contributed by atoms with Gasteiger partial charge >= 0.3 is 12.1 Å². The number of carbonyl (C=O) groups is 2. The number of nitrogens with one attached hydrogen (secondary N) is 1. The van der Waals surface area contributed by atoms with Crippen LogP contribution in [-0.4, -0.2) is 49.9 Å². The molecule has 2 N–H and O–H groups in total. The average Bonchev–Trinajstić information content (AvgIpc) is 3.11. The topological polar surface area (TPSA) is 128 Å². The van der Waals surface area contributed by atoms with E-state index in [-0.39, 0.29) is 24.0 Å². The number of amides is 1. The summed E-state index contributed by atoms with van der Waals surface area (Å²) in [6, 6.07) is 3.56. The van der Waals surface area contributed by atoms with Crippen molar-refractivity contribution in [3.05, 3.63) is 24.0 Å². The summed E-state index contributed by atoms with van der Waals surface area (Å²) in [5, 5.41) is 20.2. The number of carboxylic acids is 1. The van der Waals surface area contributed by atoms with Gasteiger partial charge in [0.25, 0.3) is 0 Å². The van der Waals surface area contributed by atoms with Gasteiger partial charge in [0.15, 0.2) is 0 Å². The molecule has 0 aliphatic heterocycles. The van der Waals surface area contributed by atoms with E-state index in [1.54, 1.807) is 30.1 Å². The van der Waals surface area contributed by atoms with Crippen LogP contribution in [0.1, 0.15) is 52.1 Å². The van der Waals surface area contributed by atoms with Crippen molar-refractivity contribution in [2.45, 2.75) is 59.1 Å². The third kappa shape index (κ3) is 6.41. The van der Waals surface area contributed by atoms with Crippen LogP contribution in [0.15, 0.2) is 18.3 Å². The van der Waals surface area contributed by atoms with Gasteiger partial charge in [0.2, 0.25) is 0 Å². The van der Waals surface area contributed by atoms with Gasteiger partial charge in [0.05, 0.1) is 42.8 Å². The highest BCUT2D eigenvalue weighted by molar-refractivity contribution is 5.70. The van der Waals surface area contributed by atoms with Gasteiger partial charge in [-0.05, 0) is 43.2 Å². The van der Waals surface area contributed by atoms with Crippen LogP contribution in [0.5, 0.6) is 5.75 Å². The summed E-state index contributed by atoms with van der Waals surface area (Å²) in [5.41, 5.74) is 1.72. The molecule has 0 aromatic carbocycles. The number of carboxylic acid groups (broad SMARTS) is 1. The Balaban J connectivity index is 1.61. The predicted molar refractivity (Wildman–Crippen MR) is 116 cm³/mol. The number of carbonyl (C=O) groups excluding carboxylic acids is 1. The number of hydrogen-bond acceptors (Lipinski definition) is 7. The number of ether oxygens (including phenoxy) is 2. The first-order valence-corrected chi connectivity index (χ1v) is 10.8. The fraction of sp³-hybridized carbons (Fsp3) is 0.591. The summed E-state index contributed by atoms with van der Waals surface area (Å²) >= 11 is 0. The van der Waals surface area contributed by atoms with Crippen LogP contribution in [0.2, 0.25) is 0 Å². The molecule has 1 aliphatic carbocycles. The molecule has 3 rings (SSSR count). The van der Waals surface area contributed by atoms with Gasteiger partial charge in [0.1, 0.15) is 11.4 Å². The van der Waals surface area contributed by atoms with Crippen molar-refractivity contribution in [2.24, 2.45) is 18.4 Å². The summed E-state index contributed by atoms with van der Waals surface area (Å²) in [5.74, 6) is -0.539. The van der Waals surface area contributed by atoms with Crippen molar-refractivity contribution in [1.82, 2.24) is 25.3 Å². The number of hydrogen-bond donors (Lipinski definition) is 2. The Hall–Kier alpha value is -3.17. The normalized spacial score (nSPS) is 18.8. The Bertz CT molecular complexity index is 935. The smallest absolute Gasteiger partial charge is 0.407 e. The van der Waals surface area contributed by atoms with Crippen molar-refractivity contribution < 1.29 is 24.2 Å². The second-order valence-electron chi connectivity index (χ2n) is 9.32. The zero-order chi connectivity index (χ0) is 23.3. The summed E-state index contributed by atoms with van der Waals surface area (Å²) in [4.78, 5) is 27.7. The van der Waals surface area contributed by atoms with Crippen LogP contribution in [0.25, 0.3) is 11.4 Å². The van der Waals surface area contributed by atoms with E-state index in [9.17, 15) is 14.7 Å². The number of nitrogens with zero attached hydrogens (tertiary/aromatic N) is 4. The largest absolute Gasteiger partial charge is 0.489 e. The van der Waals surface area contributed by atoms with E-state index in [4.69, 9.17) is 9.47 Å². The maximum atomic E-state index is 12.0. The lowest BCUT2D eigenvalue weighted by Gasteiger charge is -2.27. The molecule has 0 saturated heterocycles. The minimum Gasteiger partial charge on any atom is -0.489 e. The fourth-order valence-corrected chi connectivity index (χ4v) is 3.52. The van der Waals surface area contributed by atoms with Crippen molar-refractivity contribution in [3.63, 3.8) is 0 Å². The summed E-state index contributed by atoms with van der Waals surface area (Å²) in [6.45, 7) is 6.47. The van der Waals surface area contributed by atoms with Crippen molar-refractivity contribution >= 4 is 12.1 Å². The Morgan fingerprint density at radius 3 is 2.72 bits per heavy atom. The average molecular weight is 446 g/mol. The molecule has 2 aromatic rings. The summed E-state index contributed by atoms with van der Waals surface area (Å²) in [7, 11) is 1.74. The number of alkyl carbamates (subject to hydrolysis) is 1. The van der Waals surface area contributed by atoms with Gasteiger partial charge in [-0.1, -0.05) is 26.0 Å². The second-order valence-corrected chi connectivity index (χ2v) is 9.32. The first-order chi connectivity index (χ1) is 15.1. The number of pyridine rings is 1. The molecule has 0 bridgehead atoms. The van der Waals surface area contributed by atoms with Crippen LogP contribution in [0.4, 0.5) is 4.79 Å². The molecule has 2 heterocycles. The van der Waals surface area contributed by atoms with Gasteiger partial charge in [-0.25, -0.2) is 9.48 Å². The Kier molecular flexibility index (Phi) is 7.32. The Labute approximate surface area is 187 Å². The predicted octanol–water partition coefficient (Wildman–Crippen LogP) is 3.17. The lowest BCUT2D eigenvalue weighted by atomic mass is 9.87. The number of aryl methyl sites for hydroxylation is 1. The molecule has 2 aromatic heterocycles. The van der Waals surface area contributed by atoms with Gasteiger partial charge in [-0.3, -0.25) is 9.78 Å². The van der Waals surface area contributed by atoms with Crippen molar-refractivity contribution in [2.75, 3.05) is 6.61 Å². The van der Waals surface area contributed by atoms with E-state index < -0.39 is 12.1 Å². The quantitative estimate of drug-likeness (QED) is 0.665. The molecule has 174 valence electrons. The molecule has 1 saturated carbocycles. The molecule has 0 unspecified atom stereocenters. The van der Waals surface area contributed by atoms with Gasteiger partial charge in [-0.15, -0.1) is 5.10 Å². The number of aliphatic carboxylic acids is 1. The molecule has 1 fully saturated rings. The zero-order valence-electron chi connectivity index (χ0n) is 19.0. The molecule has 1 amide bonds.